The summed E-state index contributed by atoms with van der Waals surface area (Å²) in [6.07, 6.45) is 13.2. The quantitative estimate of drug-likeness (QED) is 0.696. The van der Waals surface area contributed by atoms with E-state index in [4.69, 9.17) is 0 Å². The van der Waals surface area contributed by atoms with Crippen molar-refractivity contribution in [3.05, 3.63) is 66.3 Å². The minimum absolute atomic E-state index is 0.120. The predicted molar refractivity (Wildman–Crippen MR) is 101 cm³/mol. The second kappa shape index (κ2) is 7.73. The van der Waals surface area contributed by atoms with E-state index in [1.165, 1.54) is 5.56 Å². The normalized spacial score (nSPS) is 17.2. The molecule has 0 saturated carbocycles. The summed E-state index contributed by atoms with van der Waals surface area (Å²) in [6.45, 7) is 4.57. The molecule has 1 aliphatic heterocycles. The van der Waals surface area contributed by atoms with E-state index in [-0.39, 0.29) is 11.8 Å². The van der Waals surface area contributed by atoms with Gasteiger partial charge in [0.25, 0.3) is 0 Å². The van der Waals surface area contributed by atoms with Gasteiger partial charge < -0.3 is 9.47 Å². The molecular formula is C20H24N6O. The first-order valence-electron chi connectivity index (χ1n) is 9.36. The van der Waals surface area contributed by atoms with Gasteiger partial charge in [0.05, 0.1) is 6.20 Å². The van der Waals surface area contributed by atoms with Gasteiger partial charge in [0, 0.05) is 56.5 Å². The van der Waals surface area contributed by atoms with E-state index in [1.54, 1.807) is 10.9 Å². The number of piperidine rings is 1. The van der Waals surface area contributed by atoms with Crippen LogP contribution in [0.15, 0.2) is 49.3 Å². The lowest BCUT2D eigenvalue weighted by Gasteiger charge is -2.32. The number of rotatable bonds is 5. The monoisotopic (exact) mass is 364 g/mol. The van der Waals surface area contributed by atoms with Crippen molar-refractivity contribution < 1.29 is 4.79 Å². The Kier molecular flexibility index (Phi) is 5.00. The van der Waals surface area contributed by atoms with Crippen LogP contribution in [0, 0.1) is 6.92 Å². The van der Waals surface area contributed by atoms with E-state index in [0.717, 1.165) is 37.3 Å². The third-order valence-corrected chi connectivity index (χ3v) is 5.05. The van der Waals surface area contributed by atoms with Gasteiger partial charge in [0.15, 0.2) is 0 Å². The molecule has 0 bridgehead atoms. The molecule has 0 aromatic carbocycles. The van der Waals surface area contributed by atoms with Gasteiger partial charge in [-0.1, -0.05) is 0 Å². The highest BCUT2D eigenvalue weighted by molar-refractivity contribution is 5.76. The van der Waals surface area contributed by atoms with Gasteiger partial charge in [-0.25, -0.2) is 4.98 Å². The second-order valence-corrected chi connectivity index (χ2v) is 7.16. The molecule has 4 heterocycles. The van der Waals surface area contributed by atoms with E-state index in [9.17, 15) is 4.79 Å². The van der Waals surface area contributed by atoms with Crippen LogP contribution in [0.5, 0.6) is 0 Å². The van der Waals surface area contributed by atoms with Gasteiger partial charge in [-0.15, -0.1) is 0 Å². The zero-order chi connectivity index (χ0) is 18.6. The molecule has 1 fully saturated rings. The van der Waals surface area contributed by atoms with Crippen LogP contribution in [0.2, 0.25) is 0 Å². The summed E-state index contributed by atoms with van der Waals surface area (Å²) in [5.74, 6) is 1.44. The van der Waals surface area contributed by atoms with Gasteiger partial charge in [-0.2, -0.15) is 5.10 Å². The van der Waals surface area contributed by atoms with E-state index >= 15 is 0 Å². The Hall–Kier alpha value is -2.96. The first-order chi connectivity index (χ1) is 13.2. The summed E-state index contributed by atoms with van der Waals surface area (Å²) >= 11 is 0. The maximum absolute atomic E-state index is 12.7. The number of imidazole rings is 1. The summed E-state index contributed by atoms with van der Waals surface area (Å²) in [5, 5.41) is 4.23. The van der Waals surface area contributed by atoms with Crippen LogP contribution in [-0.2, 0) is 17.9 Å². The van der Waals surface area contributed by atoms with Crippen molar-refractivity contribution in [3.8, 4) is 0 Å². The number of pyridine rings is 1. The van der Waals surface area contributed by atoms with Crippen LogP contribution in [0.4, 0.5) is 0 Å². The van der Waals surface area contributed by atoms with Gasteiger partial charge in [0.2, 0.25) is 5.91 Å². The Bertz CT molecular complexity index is 900. The molecule has 0 spiro atoms. The number of aromatic nitrogens is 5. The van der Waals surface area contributed by atoms with Crippen molar-refractivity contribution in [2.45, 2.75) is 38.8 Å². The van der Waals surface area contributed by atoms with Crippen molar-refractivity contribution in [2.75, 3.05) is 13.1 Å². The van der Waals surface area contributed by atoms with Crippen molar-refractivity contribution in [1.82, 2.24) is 29.2 Å². The minimum atomic E-state index is 0.120. The number of hydrogen-bond donors (Lipinski definition) is 0. The lowest BCUT2D eigenvalue weighted by atomic mass is 9.97. The first-order valence-corrected chi connectivity index (χ1v) is 9.36. The second-order valence-electron chi connectivity index (χ2n) is 7.16. The van der Waals surface area contributed by atoms with Crippen molar-refractivity contribution in [3.63, 3.8) is 0 Å². The molecule has 1 atom stereocenters. The Morgan fingerprint density at radius 1 is 1.26 bits per heavy atom. The molecule has 1 saturated heterocycles. The molecule has 3 aromatic heterocycles. The maximum atomic E-state index is 12.7. The average molecular weight is 364 g/mol. The zero-order valence-electron chi connectivity index (χ0n) is 15.5. The fourth-order valence-electron chi connectivity index (χ4n) is 3.71. The lowest BCUT2D eigenvalue weighted by molar-refractivity contribution is -0.133. The highest BCUT2D eigenvalue weighted by atomic mass is 16.2. The molecule has 1 aliphatic rings. The van der Waals surface area contributed by atoms with Gasteiger partial charge in [0.1, 0.15) is 12.4 Å². The Morgan fingerprint density at radius 3 is 2.89 bits per heavy atom. The number of carbonyl (C=O) groups excluding carboxylic acids is 1. The smallest absolute Gasteiger partial charge is 0.244 e. The summed E-state index contributed by atoms with van der Waals surface area (Å²) in [4.78, 5) is 23.3. The molecule has 27 heavy (non-hydrogen) atoms. The van der Waals surface area contributed by atoms with Crippen LogP contribution in [0.3, 0.4) is 0 Å². The zero-order valence-corrected chi connectivity index (χ0v) is 15.5. The molecule has 140 valence electrons. The van der Waals surface area contributed by atoms with Gasteiger partial charge in [-0.3, -0.25) is 14.5 Å². The number of nitrogens with zero attached hydrogens (tertiary/aromatic N) is 6. The molecule has 3 aromatic rings. The summed E-state index contributed by atoms with van der Waals surface area (Å²) in [5.41, 5.74) is 2.26. The minimum Gasteiger partial charge on any atom is -0.340 e. The molecule has 0 radical (unpaired) electrons. The van der Waals surface area contributed by atoms with Crippen molar-refractivity contribution >= 4 is 5.91 Å². The molecule has 1 amide bonds. The SMILES string of the molecule is Cc1cnn(CC(=O)N2CCC[C@H](c3nccn3Cc3ccncc3)C2)c1. The Labute approximate surface area is 158 Å². The highest BCUT2D eigenvalue weighted by Gasteiger charge is 2.27. The third-order valence-electron chi connectivity index (χ3n) is 5.05. The van der Waals surface area contributed by atoms with Crippen molar-refractivity contribution in [1.29, 1.82) is 0 Å². The standard InChI is InChI=1S/C20H24N6O/c1-16-11-23-26(12-16)15-19(27)24-9-2-3-18(14-24)20-22-8-10-25(20)13-17-4-6-21-7-5-17/h4-8,10-12,18H,2-3,9,13-15H2,1H3/t18-/m0/s1. The lowest BCUT2D eigenvalue weighted by Crippen LogP contribution is -2.41. The van der Waals surface area contributed by atoms with Crippen LogP contribution < -0.4 is 0 Å². The largest absolute Gasteiger partial charge is 0.340 e. The van der Waals surface area contributed by atoms with Crippen molar-refractivity contribution in [2.24, 2.45) is 0 Å². The Balaban J connectivity index is 1.44. The number of carbonyl (C=O) groups is 1. The molecular weight excluding hydrogens is 340 g/mol. The van der Waals surface area contributed by atoms with E-state index < -0.39 is 0 Å². The van der Waals surface area contributed by atoms with Crippen LogP contribution in [0.1, 0.15) is 35.7 Å². The Morgan fingerprint density at radius 2 is 2.11 bits per heavy atom. The number of hydrogen-bond acceptors (Lipinski definition) is 4. The fraction of sp³-hybridized carbons (Fsp3) is 0.400. The number of likely N-dealkylation sites (tertiary alicyclic amines) is 1. The maximum Gasteiger partial charge on any atom is 0.244 e. The van der Waals surface area contributed by atoms with E-state index in [0.29, 0.717) is 13.1 Å². The predicted octanol–water partition coefficient (Wildman–Crippen LogP) is 2.24. The fourth-order valence-corrected chi connectivity index (χ4v) is 3.71. The first kappa shape index (κ1) is 17.5. The van der Waals surface area contributed by atoms with Crippen LogP contribution in [-0.4, -0.2) is 48.2 Å². The summed E-state index contributed by atoms with van der Waals surface area (Å²) < 4.78 is 3.90. The molecule has 0 aliphatic carbocycles. The van der Waals surface area contributed by atoms with Crippen LogP contribution >= 0.6 is 0 Å². The van der Waals surface area contributed by atoms with Gasteiger partial charge in [-0.05, 0) is 43.0 Å². The molecule has 0 unspecified atom stereocenters. The van der Waals surface area contributed by atoms with E-state index in [1.807, 2.05) is 54.9 Å². The van der Waals surface area contributed by atoms with Gasteiger partial charge >= 0.3 is 0 Å². The topological polar surface area (TPSA) is 68.8 Å². The molecule has 0 N–H and O–H groups in total. The molecule has 4 rings (SSSR count). The molecule has 7 nitrogen and oxygen atoms in total. The number of amides is 1. The summed E-state index contributed by atoms with van der Waals surface area (Å²) in [7, 11) is 0. The highest BCUT2D eigenvalue weighted by Crippen LogP contribution is 2.26. The summed E-state index contributed by atoms with van der Waals surface area (Å²) in [6, 6.07) is 4.04. The van der Waals surface area contributed by atoms with E-state index in [2.05, 4.69) is 19.6 Å². The number of aryl methyl sites for hydroxylation is 1. The third kappa shape index (κ3) is 4.07. The average Bonchev–Trinajstić information content (AvgIpc) is 3.31. The van der Waals surface area contributed by atoms with Crippen LogP contribution in [0.25, 0.3) is 0 Å². The molecule has 7 heteroatoms.